The fourth-order valence-corrected chi connectivity index (χ4v) is 7.71. The molecule has 2 aliphatic rings. The standard InChI is InChI=1S/C42H32O9/c43-26-6-2-22(3-7-26)40-38(24-13-28(45)17-29(46)14-24)33(34-19-32(49)20-36(50)41(34)40)11-21-1-10-37-35(12-21)39(25-15-30(47)18-31(48)16-25)42(51-37)23-4-8-27(44)9-5-23/h1-20,38-40,42-50H/b33-11+/t38-,39+,40+,42-/m0/s1. The third kappa shape index (κ3) is 5.64. The average Bonchev–Trinajstić information content (AvgIpc) is 3.60. The molecule has 6 aromatic carbocycles. The van der Waals surface area contributed by atoms with E-state index in [1.54, 1.807) is 78.9 Å². The van der Waals surface area contributed by atoms with E-state index in [0.717, 1.165) is 22.3 Å². The number of fused-ring (bicyclic) bond motifs is 2. The van der Waals surface area contributed by atoms with Crippen molar-refractivity contribution in [1.82, 2.24) is 0 Å². The molecular formula is C42H32O9. The normalized spacial score (nSPS) is 19.8. The number of ether oxygens (including phenoxy) is 1. The molecule has 8 rings (SSSR count). The molecule has 0 unspecified atom stereocenters. The summed E-state index contributed by atoms with van der Waals surface area (Å²) in [6, 6.07) is 30.5. The van der Waals surface area contributed by atoms with E-state index < -0.39 is 23.9 Å². The molecule has 0 bridgehead atoms. The summed E-state index contributed by atoms with van der Waals surface area (Å²) in [5.74, 6) is -1.66. The summed E-state index contributed by atoms with van der Waals surface area (Å²) in [6.45, 7) is 0. The number of hydrogen-bond donors (Lipinski definition) is 8. The minimum absolute atomic E-state index is 0.0646. The van der Waals surface area contributed by atoms with Crippen molar-refractivity contribution in [2.45, 2.75) is 23.9 Å². The molecule has 0 fully saturated rings. The lowest BCUT2D eigenvalue weighted by molar-refractivity contribution is 0.222. The van der Waals surface area contributed by atoms with Gasteiger partial charge in [0.2, 0.25) is 0 Å². The van der Waals surface area contributed by atoms with Gasteiger partial charge in [0, 0.05) is 41.2 Å². The Bertz CT molecular complexity index is 2310. The van der Waals surface area contributed by atoms with E-state index in [9.17, 15) is 40.9 Å². The van der Waals surface area contributed by atoms with Gasteiger partial charge in [0.05, 0.1) is 5.92 Å². The smallest absolute Gasteiger partial charge is 0.135 e. The van der Waals surface area contributed by atoms with Gasteiger partial charge in [-0.05, 0) is 106 Å². The molecule has 6 aromatic rings. The maximum absolute atomic E-state index is 11.3. The number of benzene rings is 6. The average molecular weight is 681 g/mol. The summed E-state index contributed by atoms with van der Waals surface area (Å²) >= 11 is 0. The van der Waals surface area contributed by atoms with Crippen LogP contribution in [-0.2, 0) is 0 Å². The molecule has 1 aliphatic carbocycles. The van der Waals surface area contributed by atoms with Crippen molar-refractivity contribution >= 4 is 11.6 Å². The Morgan fingerprint density at radius 2 is 0.961 bits per heavy atom. The predicted molar refractivity (Wildman–Crippen MR) is 190 cm³/mol. The Hall–Kier alpha value is -6.74. The van der Waals surface area contributed by atoms with Crippen LogP contribution in [-0.4, -0.2) is 40.9 Å². The number of hydrogen-bond acceptors (Lipinski definition) is 9. The zero-order chi connectivity index (χ0) is 35.6. The van der Waals surface area contributed by atoms with E-state index in [1.807, 2.05) is 24.3 Å². The molecule has 8 N–H and O–H groups in total. The molecule has 0 aromatic heterocycles. The van der Waals surface area contributed by atoms with Crippen molar-refractivity contribution in [3.05, 3.63) is 160 Å². The number of aromatic hydroxyl groups is 8. The molecule has 0 spiro atoms. The summed E-state index contributed by atoms with van der Waals surface area (Å²) in [7, 11) is 0. The van der Waals surface area contributed by atoms with E-state index in [4.69, 9.17) is 4.74 Å². The monoisotopic (exact) mass is 680 g/mol. The number of phenolic OH excluding ortho intramolecular Hbond substituents is 8. The van der Waals surface area contributed by atoms with Gasteiger partial charge < -0.3 is 45.6 Å². The van der Waals surface area contributed by atoms with Gasteiger partial charge in [-0.15, -0.1) is 0 Å². The van der Waals surface area contributed by atoms with Crippen LogP contribution in [0.2, 0.25) is 0 Å². The second kappa shape index (κ2) is 12.0. The third-order valence-corrected chi connectivity index (χ3v) is 9.72. The first-order valence-electron chi connectivity index (χ1n) is 16.2. The quantitative estimate of drug-likeness (QED) is 0.0897. The lowest BCUT2D eigenvalue weighted by Gasteiger charge is -2.24. The molecule has 0 saturated heterocycles. The minimum atomic E-state index is -0.580. The maximum Gasteiger partial charge on any atom is 0.135 e. The molecule has 51 heavy (non-hydrogen) atoms. The van der Waals surface area contributed by atoms with Gasteiger partial charge in [0.15, 0.2) is 0 Å². The first kappa shape index (κ1) is 31.5. The highest BCUT2D eigenvalue weighted by molar-refractivity contribution is 5.93. The van der Waals surface area contributed by atoms with Crippen LogP contribution in [0.25, 0.3) is 11.6 Å². The highest BCUT2D eigenvalue weighted by Crippen LogP contribution is 2.59. The number of phenols is 8. The molecule has 9 nitrogen and oxygen atoms in total. The fourth-order valence-electron chi connectivity index (χ4n) is 7.71. The summed E-state index contributed by atoms with van der Waals surface area (Å²) in [4.78, 5) is 0. The fraction of sp³-hybridized carbons (Fsp3) is 0.0952. The van der Waals surface area contributed by atoms with Crippen molar-refractivity contribution in [3.63, 3.8) is 0 Å². The Morgan fingerprint density at radius 1 is 0.431 bits per heavy atom. The van der Waals surface area contributed by atoms with Crippen LogP contribution in [0.4, 0.5) is 0 Å². The Morgan fingerprint density at radius 3 is 1.55 bits per heavy atom. The molecule has 9 heteroatoms. The molecule has 1 aliphatic heterocycles. The van der Waals surface area contributed by atoms with Crippen LogP contribution in [0.15, 0.2) is 115 Å². The first-order valence-corrected chi connectivity index (χ1v) is 16.2. The minimum Gasteiger partial charge on any atom is -0.508 e. The van der Waals surface area contributed by atoms with Crippen molar-refractivity contribution in [3.8, 4) is 51.7 Å². The summed E-state index contributed by atoms with van der Waals surface area (Å²) in [5.41, 5.74) is 5.94. The highest BCUT2D eigenvalue weighted by atomic mass is 16.5. The summed E-state index contributed by atoms with van der Waals surface area (Å²) in [6.07, 6.45) is 1.36. The molecule has 0 radical (unpaired) electrons. The van der Waals surface area contributed by atoms with Crippen LogP contribution < -0.4 is 4.74 Å². The van der Waals surface area contributed by atoms with E-state index in [1.165, 1.54) is 18.2 Å². The van der Waals surface area contributed by atoms with Crippen molar-refractivity contribution in [2.24, 2.45) is 0 Å². The van der Waals surface area contributed by atoms with E-state index >= 15 is 0 Å². The van der Waals surface area contributed by atoms with Crippen LogP contribution in [0.1, 0.15) is 68.4 Å². The number of allylic oxidation sites excluding steroid dienone is 1. The predicted octanol–water partition coefficient (Wildman–Crippen LogP) is 8.07. The second-order valence-corrected chi connectivity index (χ2v) is 13.0. The van der Waals surface area contributed by atoms with E-state index in [0.29, 0.717) is 33.6 Å². The van der Waals surface area contributed by atoms with Gasteiger partial charge in [-0.3, -0.25) is 0 Å². The van der Waals surface area contributed by atoms with Gasteiger partial charge in [-0.1, -0.05) is 36.4 Å². The maximum atomic E-state index is 11.3. The topological polar surface area (TPSA) is 171 Å². The molecular weight excluding hydrogens is 648 g/mol. The van der Waals surface area contributed by atoms with Crippen LogP contribution in [0.5, 0.6) is 51.7 Å². The summed E-state index contributed by atoms with van der Waals surface area (Å²) in [5, 5.41) is 84.2. The van der Waals surface area contributed by atoms with Crippen LogP contribution in [0.3, 0.4) is 0 Å². The number of rotatable bonds is 5. The largest absolute Gasteiger partial charge is 0.508 e. The van der Waals surface area contributed by atoms with E-state index in [-0.39, 0.29) is 46.0 Å². The second-order valence-electron chi connectivity index (χ2n) is 13.0. The molecule has 0 amide bonds. The van der Waals surface area contributed by atoms with E-state index in [2.05, 4.69) is 0 Å². The summed E-state index contributed by atoms with van der Waals surface area (Å²) < 4.78 is 6.49. The first-order chi connectivity index (χ1) is 24.5. The zero-order valence-corrected chi connectivity index (χ0v) is 26.8. The van der Waals surface area contributed by atoms with Crippen molar-refractivity contribution < 1.29 is 45.6 Å². The van der Waals surface area contributed by atoms with Gasteiger partial charge in [0.1, 0.15) is 57.8 Å². The van der Waals surface area contributed by atoms with Crippen molar-refractivity contribution in [1.29, 1.82) is 0 Å². The van der Waals surface area contributed by atoms with Gasteiger partial charge in [-0.25, -0.2) is 0 Å². The van der Waals surface area contributed by atoms with Crippen LogP contribution >= 0.6 is 0 Å². The zero-order valence-electron chi connectivity index (χ0n) is 26.8. The Balaban J connectivity index is 1.33. The third-order valence-electron chi connectivity index (χ3n) is 9.72. The molecule has 4 atom stereocenters. The van der Waals surface area contributed by atoms with Gasteiger partial charge in [0.25, 0.3) is 0 Å². The lowest BCUT2D eigenvalue weighted by atomic mass is 9.79. The Kier molecular flexibility index (Phi) is 7.41. The SMILES string of the molecule is Oc1ccc([C@H]2c3c(O)cc(O)cc3/C(=C\c3ccc4c(c3)[C@@H](c3cc(O)cc(O)c3)[C@H](c3ccc(O)cc3)O4)[C@@H]2c2cc(O)cc(O)c2)cc1. The Labute approximate surface area is 292 Å². The molecule has 0 saturated carbocycles. The molecule has 254 valence electrons. The van der Waals surface area contributed by atoms with Crippen LogP contribution in [0, 0.1) is 0 Å². The van der Waals surface area contributed by atoms with Gasteiger partial charge in [-0.2, -0.15) is 0 Å². The van der Waals surface area contributed by atoms with Gasteiger partial charge >= 0.3 is 0 Å². The molecule has 1 heterocycles. The lowest BCUT2D eigenvalue weighted by Crippen LogP contribution is -2.11. The highest BCUT2D eigenvalue weighted by Gasteiger charge is 2.42. The van der Waals surface area contributed by atoms with Crippen molar-refractivity contribution in [2.75, 3.05) is 0 Å².